The maximum atomic E-state index is 9.83. The summed E-state index contributed by atoms with van der Waals surface area (Å²) in [4.78, 5) is 0. The number of aliphatic hydroxyl groups is 3. The standard InChI is InChI=1S/C19H36O5/c1-2-3-4-5-6-7-8-9-10-11-12-13-23-19-17(22)15-24-18(19)16(21)14-20/h8-9,16-22H,2-7,10-15H2,1H3/b9-8+/t16-,17+,18+,19+/m0/s1. The summed E-state index contributed by atoms with van der Waals surface area (Å²) >= 11 is 0. The minimum absolute atomic E-state index is 0.146. The fourth-order valence-corrected chi connectivity index (χ4v) is 2.94. The molecule has 0 aromatic rings. The zero-order valence-electron chi connectivity index (χ0n) is 15.1. The van der Waals surface area contributed by atoms with Gasteiger partial charge in [0, 0.05) is 6.61 Å². The van der Waals surface area contributed by atoms with Crippen molar-refractivity contribution in [3.8, 4) is 0 Å². The van der Waals surface area contributed by atoms with Crippen LogP contribution in [0, 0.1) is 0 Å². The van der Waals surface area contributed by atoms with Gasteiger partial charge in [-0.2, -0.15) is 0 Å². The Hall–Kier alpha value is -0.460. The molecule has 0 saturated carbocycles. The fourth-order valence-electron chi connectivity index (χ4n) is 2.94. The van der Waals surface area contributed by atoms with Crippen molar-refractivity contribution in [2.24, 2.45) is 0 Å². The third-order valence-corrected chi connectivity index (χ3v) is 4.45. The average Bonchev–Trinajstić information content (AvgIpc) is 2.96. The molecule has 1 saturated heterocycles. The molecule has 5 heteroatoms. The number of rotatable bonds is 14. The van der Waals surface area contributed by atoms with Gasteiger partial charge in [-0.25, -0.2) is 0 Å². The Morgan fingerprint density at radius 1 is 1.08 bits per heavy atom. The Balaban J connectivity index is 2.01. The topological polar surface area (TPSA) is 79.2 Å². The summed E-state index contributed by atoms with van der Waals surface area (Å²) in [7, 11) is 0. The Kier molecular flexibility index (Phi) is 12.4. The van der Waals surface area contributed by atoms with E-state index in [1.165, 1.54) is 38.5 Å². The second kappa shape index (κ2) is 13.8. The van der Waals surface area contributed by atoms with Crippen LogP contribution in [0.4, 0.5) is 0 Å². The molecule has 0 amide bonds. The summed E-state index contributed by atoms with van der Waals surface area (Å²) in [5.41, 5.74) is 0. The number of allylic oxidation sites excluding steroid dienone is 2. The molecule has 0 aromatic carbocycles. The lowest BCUT2D eigenvalue weighted by atomic mass is 10.1. The predicted molar refractivity (Wildman–Crippen MR) is 94.9 cm³/mol. The van der Waals surface area contributed by atoms with Gasteiger partial charge in [0.15, 0.2) is 0 Å². The largest absolute Gasteiger partial charge is 0.394 e. The number of ether oxygens (including phenoxy) is 2. The number of hydrogen-bond donors (Lipinski definition) is 3. The summed E-state index contributed by atoms with van der Waals surface area (Å²) in [6.45, 7) is 2.53. The Morgan fingerprint density at radius 2 is 1.75 bits per heavy atom. The van der Waals surface area contributed by atoms with Crippen LogP contribution < -0.4 is 0 Å². The second-order valence-electron chi connectivity index (χ2n) is 6.62. The third-order valence-electron chi connectivity index (χ3n) is 4.45. The molecule has 0 aromatic heterocycles. The SMILES string of the molecule is CCCCCCC/C=C/CCCCO[C@H]1[C@@H]([C@@H](O)CO)OC[C@H]1O. The van der Waals surface area contributed by atoms with E-state index in [0.717, 1.165) is 19.3 Å². The van der Waals surface area contributed by atoms with Crippen molar-refractivity contribution in [3.63, 3.8) is 0 Å². The van der Waals surface area contributed by atoms with Gasteiger partial charge in [0.1, 0.15) is 24.4 Å². The van der Waals surface area contributed by atoms with E-state index in [9.17, 15) is 10.2 Å². The molecule has 1 aliphatic heterocycles. The van der Waals surface area contributed by atoms with Crippen LogP contribution >= 0.6 is 0 Å². The van der Waals surface area contributed by atoms with Crippen molar-refractivity contribution >= 4 is 0 Å². The Morgan fingerprint density at radius 3 is 2.42 bits per heavy atom. The Bertz CT molecular complexity index is 321. The maximum Gasteiger partial charge on any atom is 0.114 e. The lowest BCUT2D eigenvalue weighted by Crippen LogP contribution is -2.42. The molecule has 0 radical (unpaired) electrons. The van der Waals surface area contributed by atoms with Gasteiger partial charge in [0.2, 0.25) is 0 Å². The zero-order valence-corrected chi connectivity index (χ0v) is 15.1. The molecule has 3 N–H and O–H groups in total. The van der Waals surface area contributed by atoms with E-state index in [-0.39, 0.29) is 13.2 Å². The van der Waals surface area contributed by atoms with Crippen LogP contribution in [0.1, 0.15) is 64.7 Å². The van der Waals surface area contributed by atoms with Gasteiger partial charge in [0.05, 0.1) is 13.2 Å². The zero-order chi connectivity index (χ0) is 17.6. The molecule has 5 nitrogen and oxygen atoms in total. The van der Waals surface area contributed by atoms with Crippen molar-refractivity contribution in [1.29, 1.82) is 0 Å². The van der Waals surface area contributed by atoms with E-state index >= 15 is 0 Å². The molecule has 4 atom stereocenters. The molecular formula is C19H36O5. The highest BCUT2D eigenvalue weighted by Gasteiger charge is 2.40. The van der Waals surface area contributed by atoms with Crippen LogP contribution in [0.15, 0.2) is 12.2 Å². The molecule has 0 bridgehead atoms. The molecule has 24 heavy (non-hydrogen) atoms. The van der Waals surface area contributed by atoms with Crippen molar-refractivity contribution < 1.29 is 24.8 Å². The smallest absolute Gasteiger partial charge is 0.114 e. The third kappa shape index (κ3) is 8.58. The van der Waals surface area contributed by atoms with E-state index in [0.29, 0.717) is 6.61 Å². The molecule has 0 unspecified atom stereocenters. The molecule has 142 valence electrons. The highest BCUT2D eigenvalue weighted by atomic mass is 16.6. The second-order valence-corrected chi connectivity index (χ2v) is 6.62. The summed E-state index contributed by atoms with van der Waals surface area (Å²) < 4.78 is 11.0. The van der Waals surface area contributed by atoms with Crippen molar-refractivity contribution in [1.82, 2.24) is 0 Å². The fraction of sp³-hybridized carbons (Fsp3) is 0.895. The lowest BCUT2D eigenvalue weighted by molar-refractivity contribution is -0.0937. The maximum absolute atomic E-state index is 9.83. The normalized spacial score (nSPS) is 25.6. The number of unbranched alkanes of at least 4 members (excludes halogenated alkanes) is 7. The summed E-state index contributed by atoms with van der Waals surface area (Å²) in [6.07, 6.45) is 12.4. The van der Waals surface area contributed by atoms with Crippen LogP contribution in [0.25, 0.3) is 0 Å². The van der Waals surface area contributed by atoms with Gasteiger partial charge in [-0.15, -0.1) is 0 Å². The van der Waals surface area contributed by atoms with Gasteiger partial charge in [-0.1, -0.05) is 44.8 Å². The van der Waals surface area contributed by atoms with Crippen LogP contribution in [0.5, 0.6) is 0 Å². The van der Waals surface area contributed by atoms with E-state index < -0.39 is 24.4 Å². The van der Waals surface area contributed by atoms with Crippen molar-refractivity contribution in [2.75, 3.05) is 19.8 Å². The first kappa shape index (κ1) is 21.6. The van der Waals surface area contributed by atoms with Gasteiger partial charge in [0.25, 0.3) is 0 Å². The monoisotopic (exact) mass is 344 g/mol. The molecule has 1 rings (SSSR count). The van der Waals surface area contributed by atoms with Crippen LogP contribution in [0.3, 0.4) is 0 Å². The van der Waals surface area contributed by atoms with Crippen molar-refractivity contribution in [3.05, 3.63) is 12.2 Å². The quantitative estimate of drug-likeness (QED) is 0.333. The predicted octanol–water partition coefficient (Wildman–Crippen LogP) is 2.57. The van der Waals surface area contributed by atoms with E-state index in [4.69, 9.17) is 14.6 Å². The van der Waals surface area contributed by atoms with Gasteiger partial charge in [-0.3, -0.25) is 0 Å². The molecular weight excluding hydrogens is 308 g/mol. The summed E-state index contributed by atoms with van der Waals surface area (Å²) in [5, 5.41) is 28.5. The van der Waals surface area contributed by atoms with Gasteiger partial charge in [-0.05, 0) is 32.1 Å². The van der Waals surface area contributed by atoms with Gasteiger partial charge >= 0.3 is 0 Å². The number of hydrogen-bond acceptors (Lipinski definition) is 5. The average molecular weight is 344 g/mol. The molecule has 1 fully saturated rings. The molecule has 1 aliphatic rings. The molecule has 0 spiro atoms. The summed E-state index contributed by atoms with van der Waals surface area (Å²) in [6, 6.07) is 0. The summed E-state index contributed by atoms with van der Waals surface area (Å²) in [5.74, 6) is 0. The highest BCUT2D eigenvalue weighted by Crippen LogP contribution is 2.21. The first-order valence-corrected chi connectivity index (χ1v) is 9.55. The molecule has 1 heterocycles. The first-order valence-electron chi connectivity index (χ1n) is 9.55. The number of aliphatic hydroxyl groups excluding tert-OH is 3. The first-order chi connectivity index (χ1) is 11.7. The van der Waals surface area contributed by atoms with E-state index in [1.807, 2.05) is 0 Å². The van der Waals surface area contributed by atoms with Gasteiger partial charge < -0.3 is 24.8 Å². The van der Waals surface area contributed by atoms with Crippen molar-refractivity contribution in [2.45, 2.75) is 89.1 Å². The van der Waals surface area contributed by atoms with E-state index in [1.54, 1.807) is 0 Å². The van der Waals surface area contributed by atoms with Crippen LogP contribution in [-0.4, -0.2) is 59.6 Å². The molecule has 0 aliphatic carbocycles. The lowest BCUT2D eigenvalue weighted by Gasteiger charge is -2.23. The van der Waals surface area contributed by atoms with E-state index in [2.05, 4.69) is 19.1 Å². The van der Waals surface area contributed by atoms with Crippen LogP contribution in [-0.2, 0) is 9.47 Å². The van der Waals surface area contributed by atoms with Crippen LogP contribution in [0.2, 0.25) is 0 Å². The highest BCUT2D eigenvalue weighted by molar-refractivity contribution is 4.89. The minimum Gasteiger partial charge on any atom is -0.394 e. The Labute approximate surface area is 146 Å². The minimum atomic E-state index is -1.01.